The summed E-state index contributed by atoms with van der Waals surface area (Å²) in [5, 5.41) is 0. The van der Waals surface area contributed by atoms with Crippen LogP contribution < -0.4 is 0 Å². The van der Waals surface area contributed by atoms with Crippen LogP contribution in [0.5, 0.6) is 0 Å². The lowest BCUT2D eigenvalue weighted by molar-refractivity contribution is -0.136. The van der Waals surface area contributed by atoms with Gasteiger partial charge in [-0.1, -0.05) is 43.7 Å². The third kappa shape index (κ3) is 5.21. The number of hydrogen-bond acceptors (Lipinski definition) is 6. The zero-order valence-corrected chi connectivity index (χ0v) is 21.0. The van der Waals surface area contributed by atoms with Crippen LogP contribution in [0.1, 0.15) is 77.5 Å². The number of ether oxygens (including phenoxy) is 1. The number of amides is 2. The molecule has 1 aliphatic carbocycles. The largest absolute Gasteiger partial charge is 0.462 e. The Kier molecular flexibility index (Phi) is 7.48. The van der Waals surface area contributed by atoms with E-state index in [1.807, 2.05) is 36.9 Å². The third-order valence-corrected chi connectivity index (χ3v) is 6.80. The van der Waals surface area contributed by atoms with Crippen molar-refractivity contribution in [2.24, 2.45) is 5.92 Å². The van der Waals surface area contributed by atoms with Gasteiger partial charge in [-0.25, -0.2) is 14.8 Å². The molecule has 1 aromatic heterocycles. The third-order valence-electron chi connectivity index (χ3n) is 6.80. The summed E-state index contributed by atoms with van der Waals surface area (Å²) in [7, 11) is 0. The van der Waals surface area contributed by atoms with Gasteiger partial charge in [-0.2, -0.15) is 0 Å². The SMILES string of the molecule is CCCc1nc(C)nc(C(=O)N2CCN(C(=O)C3CC3c3ccccc3)C(C)C2)c1C(=O)OCC. The summed E-state index contributed by atoms with van der Waals surface area (Å²) in [6, 6.07) is 10.0. The molecule has 1 aromatic carbocycles. The summed E-state index contributed by atoms with van der Waals surface area (Å²) >= 11 is 0. The average Bonchev–Trinajstić information content (AvgIpc) is 3.65. The fourth-order valence-corrected chi connectivity index (χ4v) is 4.99. The van der Waals surface area contributed by atoms with Crippen LogP contribution in [0.4, 0.5) is 0 Å². The van der Waals surface area contributed by atoms with Crippen molar-refractivity contribution in [3.63, 3.8) is 0 Å². The number of piperazine rings is 1. The summed E-state index contributed by atoms with van der Waals surface area (Å²) in [6.45, 7) is 8.87. The molecule has 2 aliphatic rings. The molecule has 186 valence electrons. The highest BCUT2D eigenvalue weighted by Gasteiger charge is 2.47. The lowest BCUT2D eigenvalue weighted by atomic mass is 10.0. The van der Waals surface area contributed by atoms with Crippen LogP contribution in [0.25, 0.3) is 0 Å². The molecule has 35 heavy (non-hydrogen) atoms. The molecule has 0 N–H and O–H groups in total. The Labute approximate surface area is 206 Å². The monoisotopic (exact) mass is 478 g/mol. The van der Waals surface area contributed by atoms with Gasteiger partial charge >= 0.3 is 5.97 Å². The molecule has 8 nitrogen and oxygen atoms in total. The van der Waals surface area contributed by atoms with Gasteiger partial charge < -0.3 is 14.5 Å². The molecule has 3 atom stereocenters. The Morgan fingerprint density at radius 2 is 1.83 bits per heavy atom. The lowest BCUT2D eigenvalue weighted by Crippen LogP contribution is -2.56. The Hall–Kier alpha value is -3.29. The topological polar surface area (TPSA) is 92.7 Å². The van der Waals surface area contributed by atoms with Crippen molar-refractivity contribution in [1.29, 1.82) is 0 Å². The van der Waals surface area contributed by atoms with Crippen molar-refractivity contribution < 1.29 is 19.1 Å². The van der Waals surface area contributed by atoms with E-state index in [1.54, 1.807) is 18.7 Å². The van der Waals surface area contributed by atoms with Crippen molar-refractivity contribution in [2.45, 2.75) is 58.9 Å². The first-order valence-electron chi connectivity index (χ1n) is 12.5. The van der Waals surface area contributed by atoms with Crippen molar-refractivity contribution >= 4 is 17.8 Å². The van der Waals surface area contributed by atoms with Gasteiger partial charge in [-0.3, -0.25) is 9.59 Å². The van der Waals surface area contributed by atoms with Gasteiger partial charge in [0.1, 0.15) is 17.1 Å². The second-order valence-corrected chi connectivity index (χ2v) is 9.40. The summed E-state index contributed by atoms with van der Waals surface area (Å²) in [6.07, 6.45) is 2.21. The van der Waals surface area contributed by atoms with Crippen LogP contribution >= 0.6 is 0 Å². The molecule has 2 aromatic rings. The van der Waals surface area contributed by atoms with Gasteiger partial charge in [0.2, 0.25) is 5.91 Å². The zero-order chi connectivity index (χ0) is 25.1. The second-order valence-electron chi connectivity index (χ2n) is 9.40. The van der Waals surface area contributed by atoms with E-state index >= 15 is 0 Å². The maximum atomic E-state index is 13.6. The first-order valence-corrected chi connectivity index (χ1v) is 12.5. The standard InChI is InChI=1S/C27H34N4O4/c1-5-10-22-23(27(34)35-6-2)24(29-18(4)28-22)26(33)30-13-14-31(17(3)16-30)25(32)21-15-20(21)19-11-8-7-9-12-19/h7-9,11-12,17,20-21H,5-6,10,13-16H2,1-4H3. The second kappa shape index (κ2) is 10.5. The minimum absolute atomic E-state index is 0.0126. The van der Waals surface area contributed by atoms with E-state index in [-0.39, 0.29) is 47.6 Å². The van der Waals surface area contributed by atoms with Crippen molar-refractivity contribution in [3.05, 3.63) is 58.7 Å². The summed E-state index contributed by atoms with van der Waals surface area (Å²) in [5.41, 5.74) is 2.02. The highest BCUT2D eigenvalue weighted by atomic mass is 16.5. The molecule has 0 radical (unpaired) electrons. The smallest absolute Gasteiger partial charge is 0.342 e. The first-order chi connectivity index (χ1) is 16.8. The van der Waals surface area contributed by atoms with Gasteiger partial charge in [0, 0.05) is 31.6 Å². The maximum absolute atomic E-state index is 13.6. The van der Waals surface area contributed by atoms with E-state index < -0.39 is 5.97 Å². The molecule has 0 spiro atoms. The molecular weight excluding hydrogens is 444 g/mol. The Morgan fingerprint density at radius 3 is 2.49 bits per heavy atom. The Bertz CT molecular complexity index is 1100. The number of carbonyl (C=O) groups is 3. The number of carbonyl (C=O) groups excluding carboxylic acids is 3. The minimum atomic E-state index is -0.568. The fourth-order valence-electron chi connectivity index (χ4n) is 4.99. The molecule has 2 fully saturated rings. The molecule has 1 saturated carbocycles. The van der Waals surface area contributed by atoms with Gasteiger partial charge in [0.25, 0.3) is 5.91 Å². The molecule has 1 saturated heterocycles. The summed E-state index contributed by atoms with van der Waals surface area (Å²) < 4.78 is 5.24. The number of nitrogens with zero attached hydrogens (tertiary/aromatic N) is 4. The van der Waals surface area contributed by atoms with E-state index in [4.69, 9.17) is 4.74 Å². The van der Waals surface area contributed by atoms with E-state index in [0.29, 0.717) is 37.6 Å². The molecule has 4 rings (SSSR count). The first kappa shape index (κ1) is 24.8. The molecule has 1 aliphatic heterocycles. The number of rotatable bonds is 7. The average molecular weight is 479 g/mol. The summed E-state index contributed by atoms with van der Waals surface area (Å²) in [4.78, 5) is 51.9. The zero-order valence-electron chi connectivity index (χ0n) is 21.0. The van der Waals surface area contributed by atoms with Gasteiger partial charge in [-0.15, -0.1) is 0 Å². The van der Waals surface area contributed by atoms with Gasteiger partial charge in [-0.05, 0) is 45.1 Å². The maximum Gasteiger partial charge on any atom is 0.342 e. The molecule has 8 heteroatoms. The van der Waals surface area contributed by atoms with Crippen molar-refractivity contribution in [2.75, 3.05) is 26.2 Å². The molecule has 0 bridgehead atoms. The van der Waals surface area contributed by atoms with E-state index in [0.717, 1.165) is 12.8 Å². The predicted molar refractivity (Wildman–Crippen MR) is 131 cm³/mol. The molecular formula is C27H34N4O4. The van der Waals surface area contributed by atoms with Crippen molar-refractivity contribution in [3.8, 4) is 0 Å². The Morgan fingerprint density at radius 1 is 1.09 bits per heavy atom. The lowest BCUT2D eigenvalue weighted by Gasteiger charge is -2.40. The number of aryl methyl sites for hydroxylation is 2. The highest BCUT2D eigenvalue weighted by Crippen LogP contribution is 2.48. The van der Waals surface area contributed by atoms with E-state index in [2.05, 4.69) is 22.1 Å². The number of hydrogen-bond donors (Lipinski definition) is 0. The van der Waals surface area contributed by atoms with Crippen LogP contribution in [0.2, 0.25) is 0 Å². The minimum Gasteiger partial charge on any atom is -0.462 e. The Balaban J connectivity index is 1.49. The predicted octanol–water partition coefficient (Wildman–Crippen LogP) is 3.39. The van der Waals surface area contributed by atoms with E-state index in [9.17, 15) is 14.4 Å². The summed E-state index contributed by atoms with van der Waals surface area (Å²) in [5.74, 6) is 0.0220. The van der Waals surface area contributed by atoms with E-state index in [1.165, 1.54) is 5.56 Å². The van der Waals surface area contributed by atoms with Crippen LogP contribution in [-0.4, -0.2) is 69.8 Å². The number of esters is 1. The number of benzene rings is 1. The molecule has 2 heterocycles. The van der Waals surface area contributed by atoms with Crippen molar-refractivity contribution in [1.82, 2.24) is 19.8 Å². The van der Waals surface area contributed by atoms with Gasteiger partial charge in [0.05, 0.1) is 12.3 Å². The van der Waals surface area contributed by atoms with Gasteiger partial charge in [0.15, 0.2) is 0 Å². The molecule has 2 amide bonds. The highest BCUT2D eigenvalue weighted by molar-refractivity contribution is 6.04. The van der Waals surface area contributed by atoms with Crippen LogP contribution in [0.15, 0.2) is 30.3 Å². The molecule has 3 unspecified atom stereocenters. The fraction of sp³-hybridized carbons (Fsp3) is 0.519. The quantitative estimate of drug-likeness (QED) is 0.567. The normalized spacial score (nSPS) is 21.5. The van der Waals surface area contributed by atoms with Crippen LogP contribution in [-0.2, 0) is 16.0 Å². The van der Waals surface area contributed by atoms with Crippen LogP contribution in [0.3, 0.4) is 0 Å². The van der Waals surface area contributed by atoms with Crippen LogP contribution in [0, 0.1) is 12.8 Å². The number of aromatic nitrogens is 2.